The second kappa shape index (κ2) is 7.86. The minimum absolute atomic E-state index is 0.00705. The minimum Gasteiger partial charge on any atom is -0.507 e. The predicted molar refractivity (Wildman–Crippen MR) is 107 cm³/mol. The largest absolute Gasteiger partial charge is 0.507 e. The Hall–Kier alpha value is -2.68. The van der Waals surface area contributed by atoms with Crippen LogP contribution in [0, 0.1) is 0 Å². The smallest absolute Gasteiger partial charge is 0.228 e. The third-order valence-corrected chi connectivity index (χ3v) is 6.23. The highest BCUT2D eigenvalue weighted by Crippen LogP contribution is 2.53. The van der Waals surface area contributed by atoms with Crippen molar-refractivity contribution < 1.29 is 39.5 Å². The summed E-state index contributed by atoms with van der Waals surface area (Å²) in [4.78, 5) is 25.8. The van der Waals surface area contributed by atoms with Crippen LogP contribution in [0.15, 0.2) is 29.0 Å². The highest BCUT2D eigenvalue weighted by atomic mass is 16.5. The second-order valence-corrected chi connectivity index (χ2v) is 7.81. The number of rotatable bonds is 6. The summed E-state index contributed by atoms with van der Waals surface area (Å²) in [6.07, 6.45) is -0.0824. The number of ether oxygens (including phenoxy) is 2. The standard InChI is InChI=1S/C22H26O8/c1-10-18(27)16-13(19(28)20(10)29-4)7-14(25)17-21(16)30-11(2)22(17,3)15(26)6-5-12(8-23)9-24/h5,7,11,15,23-26H,6,8-9H2,1-4H3/t11?,15?,22-/m0/s1. The van der Waals surface area contributed by atoms with E-state index >= 15 is 0 Å². The first-order valence-corrected chi connectivity index (χ1v) is 9.62. The number of carbonyl (C=O) groups is 2. The Morgan fingerprint density at radius 2 is 1.93 bits per heavy atom. The SMILES string of the molecule is COC1=C(C)C(=O)c2c(cc(O)c3c2OC(C)[C@@]3(C)C(O)CC=C(CO)CO)C1=O. The maximum absolute atomic E-state index is 13.0. The number of aliphatic hydroxyl groups excluding tert-OH is 3. The van der Waals surface area contributed by atoms with Crippen molar-refractivity contribution in [1.29, 1.82) is 0 Å². The van der Waals surface area contributed by atoms with Crippen molar-refractivity contribution >= 4 is 11.6 Å². The van der Waals surface area contributed by atoms with Crippen LogP contribution in [0.5, 0.6) is 11.5 Å². The van der Waals surface area contributed by atoms with Gasteiger partial charge < -0.3 is 29.9 Å². The van der Waals surface area contributed by atoms with Crippen molar-refractivity contribution in [2.75, 3.05) is 20.3 Å². The van der Waals surface area contributed by atoms with Crippen molar-refractivity contribution in [1.82, 2.24) is 0 Å². The molecule has 8 nitrogen and oxygen atoms in total. The van der Waals surface area contributed by atoms with E-state index in [1.165, 1.54) is 26.2 Å². The molecule has 1 aliphatic heterocycles. The zero-order valence-electron chi connectivity index (χ0n) is 17.4. The maximum atomic E-state index is 13.0. The summed E-state index contributed by atoms with van der Waals surface area (Å²) in [7, 11) is 1.30. The third kappa shape index (κ3) is 3.03. The fraction of sp³-hybridized carbons (Fsp3) is 0.455. The summed E-state index contributed by atoms with van der Waals surface area (Å²) >= 11 is 0. The molecule has 0 bridgehead atoms. The van der Waals surface area contributed by atoms with Gasteiger partial charge in [0.25, 0.3) is 0 Å². The normalized spacial score (nSPS) is 23.6. The highest BCUT2D eigenvalue weighted by Gasteiger charge is 2.52. The van der Waals surface area contributed by atoms with Crippen LogP contribution in [0.3, 0.4) is 0 Å². The molecule has 3 atom stereocenters. The van der Waals surface area contributed by atoms with E-state index in [1.54, 1.807) is 13.8 Å². The van der Waals surface area contributed by atoms with Crippen LogP contribution in [-0.2, 0) is 10.2 Å². The fourth-order valence-corrected chi connectivity index (χ4v) is 4.16. The zero-order chi connectivity index (χ0) is 22.4. The average Bonchev–Trinajstić information content (AvgIpc) is 2.99. The summed E-state index contributed by atoms with van der Waals surface area (Å²) in [6.45, 7) is 4.21. The van der Waals surface area contributed by atoms with Gasteiger partial charge in [0.05, 0.1) is 37.4 Å². The molecule has 8 heteroatoms. The van der Waals surface area contributed by atoms with Gasteiger partial charge in [-0.25, -0.2) is 0 Å². The Bertz CT molecular complexity index is 968. The van der Waals surface area contributed by atoms with E-state index in [2.05, 4.69) is 0 Å². The first-order valence-electron chi connectivity index (χ1n) is 9.62. The number of phenols is 1. The summed E-state index contributed by atoms with van der Waals surface area (Å²) in [6, 6.07) is 1.22. The monoisotopic (exact) mass is 418 g/mol. The minimum atomic E-state index is -1.11. The van der Waals surface area contributed by atoms with E-state index in [4.69, 9.17) is 9.47 Å². The molecule has 1 aliphatic carbocycles. The Kier molecular flexibility index (Phi) is 5.77. The van der Waals surface area contributed by atoms with Gasteiger partial charge in [-0.15, -0.1) is 0 Å². The topological polar surface area (TPSA) is 134 Å². The number of carbonyl (C=O) groups excluding carboxylic acids is 2. The average molecular weight is 418 g/mol. The summed E-state index contributed by atoms with van der Waals surface area (Å²) < 4.78 is 11.0. The molecule has 1 heterocycles. The van der Waals surface area contributed by atoms with Gasteiger partial charge in [-0.3, -0.25) is 9.59 Å². The molecule has 0 radical (unpaired) electrons. The molecule has 2 aliphatic rings. The van der Waals surface area contributed by atoms with Gasteiger partial charge in [-0.2, -0.15) is 0 Å². The molecule has 0 saturated carbocycles. The molecule has 3 rings (SSSR count). The predicted octanol–water partition coefficient (Wildman–Crippen LogP) is 1.39. The number of allylic oxidation sites excluding steroid dienone is 2. The Morgan fingerprint density at radius 1 is 1.30 bits per heavy atom. The number of methoxy groups -OCH3 is 1. The molecule has 1 aromatic rings. The van der Waals surface area contributed by atoms with E-state index in [1.807, 2.05) is 0 Å². The van der Waals surface area contributed by atoms with Crippen molar-refractivity contribution in [2.45, 2.75) is 44.8 Å². The molecule has 4 N–H and O–H groups in total. The Balaban J connectivity index is 2.15. The van der Waals surface area contributed by atoms with Crippen molar-refractivity contribution in [3.63, 3.8) is 0 Å². The van der Waals surface area contributed by atoms with Crippen LogP contribution in [0.4, 0.5) is 0 Å². The number of ketones is 2. The van der Waals surface area contributed by atoms with Crippen molar-refractivity contribution in [2.24, 2.45) is 0 Å². The number of hydrogen-bond acceptors (Lipinski definition) is 8. The molecule has 0 spiro atoms. The van der Waals surface area contributed by atoms with E-state index < -0.39 is 29.2 Å². The number of fused-ring (bicyclic) bond motifs is 3. The third-order valence-electron chi connectivity index (χ3n) is 6.23. The Morgan fingerprint density at radius 3 is 2.50 bits per heavy atom. The van der Waals surface area contributed by atoms with Gasteiger partial charge in [0.2, 0.25) is 5.78 Å². The summed E-state index contributed by atoms with van der Waals surface area (Å²) in [5.74, 6) is -1.22. The second-order valence-electron chi connectivity index (χ2n) is 7.81. The zero-order valence-corrected chi connectivity index (χ0v) is 17.4. The van der Waals surface area contributed by atoms with E-state index in [0.29, 0.717) is 5.57 Å². The van der Waals surface area contributed by atoms with Crippen LogP contribution in [0.1, 0.15) is 53.5 Å². The van der Waals surface area contributed by atoms with Gasteiger partial charge in [0, 0.05) is 16.7 Å². The molecular weight excluding hydrogens is 392 g/mol. The lowest BCUT2D eigenvalue weighted by atomic mass is 9.71. The Labute approximate surface area is 174 Å². The molecule has 162 valence electrons. The van der Waals surface area contributed by atoms with Crippen LogP contribution in [0.25, 0.3) is 0 Å². The van der Waals surface area contributed by atoms with Gasteiger partial charge in [-0.1, -0.05) is 6.08 Å². The van der Waals surface area contributed by atoms with Gasteiger partial charge in [0.15, 0.2) is 11.5 Å². The number of benzene rings is 1. The molecular formula is C22H26O8. The quantitative estimate of drug-likeness (QED) is 0.510. The molecule has 2 unspecified atom stereocenters. The number of aromatic hydroxyl groups is 1. The molecule has 0 fully saturated rings. The fourth-order valence-electron chi connectivity index (χ4n) is 4.16. The first-order chi connectivity index (χ1) is 14.1. The highest BCUT2D eigenvalue weighted by molar-refractivity contribution is 6.27. The van der Waals surface area contributed by atoms with E-state index in [9.17, 15) is 30.0 Å². The lowest BCUT2D eigenvalue weighted by Gasteiger charge is -2.33. The van der Waals surface area contributed by atoms with Crippen molar-refractivity contribution in [3.05, 3.63) is 45.7 Å². The molecule has 30 heavy (non-hydrogen) atoms. The summed E-state index contributed by atoms with van der Waals surface area (Å²) in [5.41, 5.74) is -0.314. The number of aliphatic hydroxyl groups is 3. The number of hydrogen-bond donors (Lipinski definition) is 4. The van der Waals surface area contributed by atoms with E-state index in [0.717, 1.165) is 0 Å². The lowest BCUT2D eigenvalue weighted by Crippen LogP contribution is -2.44. The van der Waals surface area contributed by atoms with Gasteiger partial charge in [-0.05, 0) is 38.8 Å². The van der Waals surface area contributed by atoms with Crippen molar-refractivity contribution in [3.8, 4) is 11.5 Å². The molecule has 1 aromatic carbocycles. The van der Waals surface area contributed by atoms with Crippen LogP contribution in [0.2, 0.25) is 0 Å². The van der Waals surface area contributed by atoms with Gasteiger partial charge in [0.1, 0.15) is 17.6 Å². The van der Waals surface area contributed by atoms with E-state index in [-0.39, 0.29) is 59.2 Å². The maximum Gasteiger partial charge on any atom is 0.228 e. The number of phenolic OH excluding ortho intramolecular Hbond substituents is 1. The lowest BCUT2D eigenvalue weighted by molar-refractivity contribution is 0.0389. The molecule has 0 amide bonds. The number of Topliss-reactive ketones (excluding diaryl/α,β-unsaturated/α-hetero) is 2. The molecule has 0 saturated heterocycles. The van der Waals surface area contributed by atoms with Gasteiger partial charge >= 0.3 is 0 Å². The van der Waals surface area contributed by atoms with Crippen LogP contribution >= 0.6 is 0 Å². The molecule has 0 aromatic heterocycles. The van der Waals surface area contributed by atoms with Crippen LogP contribution in [-0.4, -0.2) is 64.5 Å². The van der Waals surface area contributed by atoms with Crippen LogP contribution < -0.4 is 4.74 Å². The summed E-state index contributed by atoms with van der Waals surface area (Å²) in [5, 5.41) is 40.2. The first kappa shape index (κ1) is 22.0.